The van der Waals surface area contributed by atoms with Crippen molar-refractivity contribution in [3.05, 3.63) is 30.3 Å². The third-order valence-electron chi connectivity index (χ3n) is 4.31. The van der Waals surface area contributed by atoms with Crippen LogP contribution in [0.4, 0.5) is 0 Å². The second-order valence-corrected chi connectivity index (χ2v) is 6.34. The second-order valence-electron chi connectivity index (χ2n) is 6.34. The molecule has 0 amide bonds. The van der Waals surface area contributed by atoms with E-state index >= 15 is 0 Å². The lowest BCUT2D eigenvalue weighted by molar-refractivity contribution is -0.157. The summed E-state index contributed by atoms with van der Waals surface area (Å²) >= 11 is 0. The molecule has 0 fully saturated rings. The SMILES string of the molecule is CCCCCCC(CCCCCC)(Oc1ccccc1)C(=O)O. The Hall–Kier alpha value is -1.51. The zero-order valence-corrected chi connectivity index (χ0v) is 14.7. The molecule has 0 unspecified atom stereocenters. The van der Waals surface area contributed by atoms with Crippen LogP contribution in [0.1, 0.15) is 78.1 Å². The molecule has 3 heteroatoms. The molecule has 0 aliphatic rings. The number of benzene rings is 1. The van der Waals surface area contributed by atoms with Crippen molar-refractivity contribution in [2.24, 2.45) is 0 Å². The van der Waals surface area contributed by atoms with Gasteiger partial charge in [-0.2, -0.15) is 0 Å². The van der Waals surface area contributed by atoms with Crippen LogP contribution in [0.15, 0.2) is 30.3 Å². The lowest BCUT2D eigenvalue weighted by Gasteiger charge is -2.31. The smallest absolute Gasteiger partial charge is 0.348 e. The van der Waals surface area contributed by atoms with Crippen molar-refractivity contribution in [3.63, 3.8) is 0 Å². The number of para-hydroxylation sites is 1. The summed E-state index contributed by atoms with van der Waals surface area (Å²) in [4.78, 5) is 12.0. The van der Waals surface area contributed by atoms with Gasteiger partial charge in [-0.1, -0.05) is 70.6 Å². The predicted molar refractivity (Wildman–Crippen MR) is 95.0 cm³/mol. The molecule has 1 N–H and O–H groups in total. The first-order chi connectivity index (χ1) is 11.1. The van der Waals surface area contributed by atoms with E-state index in [0.717, 1.165) is 51.4 Å². The zero-order chi connectivity index (χ0) is 17.0. The molecule has 3 nitrogen and oxygen atoms in total. The van der Waals surface area contributed by atoms with E-state index in [4.69, 9.17) is 4.74 Å². The molecule has 1 aromatic carbocycles. The van der Waals surface area contributed by atoms with Gasteiger partial charge in [0.15, 0.2) is 0 Å². The summed E-state index contributed by atoms with van der Waals surface area (Å²) in [5, 5.41) is 9.87. The third kappa shape index (κ3) is 7.06. The Bertz CT molecular complexity index is 416. The molecule has 0 atom stereocenters. The van der Waals surface area contributed by atoms with Gasteiger partial charge >= 0.3 is 5.97 Å². The normalized spacial score (nSPS) is 11.4. The molecular weight excluding hydrogens is 288 g/mol. The highest BCUT2D eigenvalue weighted by atomic mass is 16.5. The van der Waals surface area contributed by atoms with E-state index in [1.54, 1.807) is 0 Å². The quantitative estimate of drug-likeness (QED) is 0.465. The number of aliphatic carboxylic acids is 1. The number of hydrogen-bond donors (Lipinski definition) is 1. The molecule has 0 radical (unpaired) electrons. The molecule has 0 heterocycles. The van der Waals surface area contributed by atoms with Gasteiger partial charge in [0.25, 0.3) is 0 Å². The molecule has 0 aliphatic carbocycles. The fourth-order valence-corrected chi connectivity index (χ4v) is 2.87. The van der Waals surface area contributed by atoms with E-state index < -0.39 is 11.6 Å². The van der Waals surface area contributed by atoms with Gasteiger partial charge < -0.3 is 9.84 Å². The Morgan fingerprint density at radius 3 is 1.87 bits per heavy atom. The van der Waals surface area contributed by atoms with Gasteiger partial charge in [0.2, 0.25) is 5.60 Å². The van der Waals surface area contributed by atoms with Crippen LogP contribution < -0.4 is 4.74 Å². The van der Waals surface area contributed by atoms with E-state index in [1.165, 1.54) is 0 Å². The van der Waals surface area contributed by atoms with Crippen molar-refractivity contribution in [2.45, 2.75) is 83.7 Å². The number of unbranched alkanes of at least 4 members (excludes halogenated alkanes) is 6. The average Bonchev–Trinajstić information content (AvgIpc) is 2.56. The van der Waals surface area contributed by atoms with E-state index in [0.29, 0.717) is 18.6 Å². The molecular formula is C20H32O3. The number of carboxylic acid groups (broad SMARTS) is 1. The van der Waals surface area contributed by atoms with E-state index in [9.17, 15) is 9.90 Å². The number of hydrogen-bond acceptors (Lipinski definition) is 2. The average molecular weight is 320 g/mol. The Morgan fingerprint density at radius 1 is 0.913 bits per heavy atom. The number of ether oxygens (including phenoxy) is 1. The molecule has 0 spiro atoms. The first-order valence-electron chi connectivity index (χ1n) is 9.12. The van der Waals surface area contributed by atoms with Gasteiger partial charge in [-0.05, 0) is 37.8 Å². The number of carboxylic acids is 1. The van der Waals surface area contributed by atoms with Gasteiger partial charge in [0.1, 0.15) is 5.75 Å². The summed E-state index contributed by atoms with van der Waals surface area (Å²) in [6.07, 6.45) is 9.71. The minimum atomic E-state index is -1.08. The highest BCUT2D eigenvalue weighted by Crippen LogP contribution is 2.30. The van der Waals surface area contributed by atoms with Crippen LogP contribution in [0.3, 0.4) is 0 Å². The summed E-state index contributed by atoms with van der Waals surface area (Å²) in [5.41, 5.74) is -1.08. The summed E-state index contributed by atoms with van der Waals surface area (Å²) in [6, 6.07) is 9.37. The third-order valence-corrected chi connectivity index (χ3v) is 4.31. The molecule has 130 valence electrons. The molecule has 0 aliphatic heterocycles. The Morgan fingerprint density at radius 2 is 1.43 bits per heavy atom. The summed E-state index contributed by atoms with van der Waals surface area (Å²) in [5.74, 6) is -0.171. The first-order valence-corrected chi connectivity index (χ1v) is 9.12. The fourth-order valence-electron chi connectivity index (χ4n) is 2.87. The van der Waals surface area contributed by atoms with Crippen LogP contribution in [0.25, 0.3) is 0 Å². The van der Waals surface area contributed by atoms with Crippen molar-refractivity contribution in [3.8, 4) is 5.75 Å². The van der Waals surface area contributed by atoms with Crippen molar-refractivity contribution in [1.29, 1.82) is 0 Å². The zero-order valence-electron chi connectivity index (χ0n) is 14.7. The molecule has 0 aromatic heterocycles. The van der Waals surface area contributed by atoms with Gasteiger partial charge in [0, 0.05) is 0 Å². The lowest BCUT2D eigenvalue weighted by atomic mass is 9.89. The van der Waals surface area contributed by atoms with Gasteiger partial charge in [0.05, 0.1) is 0 Å². The van der Waals surface area contributed by atoms with Crippen LogP contribution in [0.2, 0.25) is 0 Å². The van der Waals surface area contributed by atoms with E-state index in [2.05, 4.69) is 13.8 Å². The van der Waals surface area contributed by atoms with Crippen LogP contribution in [0.5, 0.6) is 5.75 Å². The Labute approximate surface area is 141 Å². The topological polar surface area (TPSA) is 46.5 Å². The highest BCUT2D eigenvalue weighted by molar-refractivity contribution is 5.78. The van der Waals surface area contributed by atoms with E-state index in [-0.39, 0.29) is 0 Å². The van der Waals surface area contributed by atoms with E-state index in [1.807, 2.05) is 30.3 Å². The molecule has 23 heavy (non-hydrogen) atoms. The summed E-state index contributed by atoms with van der Waals surface area (Å²) in [6.45, 7) is 4.32. The van der Waals surface area contributed by atoms with Crippen molar-refractivity contribution >= 4 is 5.97 Å². The van der Waals surface area contributed by atoms with Crippen LogP contribution >= 0.6 is 0 Å². The Kier molecular flexibility index (Phi) is 9.42. The fraction of sp³-hybridized carbons (Fsp3) is 0.650. The maximum absolute atomic E-state index is 12.0. The highest BCUT2D eigenvalue weighted by Gasteiger charge is 2.39. The first kappa shape index (κ1) is 19.5. The van der Waals surface area contributed by atoms with Crippen LogP contribution in [0, 0.1) is 0 Å². The molecule has 0 saturated heterocycles. The van der Waals surface area contributed by atoms with Gasteiger partial charge in [-0.3, -0.25) is 0 Å². The largest absolute Gasteiger partial charge is 0.478 e. The summed E-state index contributed by atoms with van der Waals surface area (Å²) < 4.78 is 6.02. The second kappa shape index (κ2) is 11.1. The number of carbonyl (C=O) groups is 1. The number of rotatable bonds is 13. The van der Waals surface area contributed by atoms with Crippen LogP contribution in [-0.4, -0.2) is 16.7 Å². The Balaban J connectivity index is 2.77. The van der Waals surface area contributed by atoms with Gasteiger partial charge in [-0.15, -0.1) is 0 Å². The molecule has 1 aromatic rings. The maximum atomic E-state index is 12.0. The van der Waals surface area contributed by atoms with Crippen LogP contribution in [-0.2, 0) is 4.79 Å². The molecule has 0 bridgehead atoms. The molecule has 0 saturated carbocycles. The predicted octanol–water partition coefficient (Wildman–Crippen LogP) is 5.83. The maximum Gasteiger partial charge on any atom is 0.348 e. The van der Waals surface area contributed by atoms with Crippen molar-refractivity contribution < 1.29 is 14.6 Å². The summed E-state index contributed by atoms with van der Waals surface area (Å²) in [7, 11) is 0. The van der Waals surface area contributed by atoms with Gasteiger partial charge in [-0.25, -0.2) is 4.79 Å². The molecule has 1 rings (SSSR count). The van der Waals surface area contributed by atoms with Crippen molar-refractivity contribution in [1.82, 2.24) is 0 Å². The minimum Gasteiger partial charge on any atom is -0.478 e. The van der Waals surface area contributed by atoms with Crippen molar-refractivity contribution in [2.75, 3.05) is 0 Å². The standard InChI is InChI=1S/C20H32O3/c1-3-5-7-12-16-20(19(21)22,17-13-8-6-4-2)23-18-14-10-9-11-15-18/h9-11,14-15H,3-8,12-13,16-17H2,1-2H3,(H,21,22). The lowest BCUT2D eigenvalue weighted by Crippen LogP contribution is -2.44. The minimum absolute atomic E-state index is 0.587. The monoisotopic (exact) mass is 320 g/mol.